The average molecular weight is 370 g/mol. The van der Waals surface area contributed by atoms with E-state index in [-0.39, 0.29) is 6.10 Å². The van der Waals surface area contributed by atoms with Crippen molar-refractivity contribution >= 4 is 28.7 Å². The lowest BCUT2D eigenvalue weighted by Gasteiger charge is -2.37. The van der Waals surface area contributed by atoms with Gasteiger partial charge in [-0.25, -0.2) is 0 Å². The summed E-state index contributed by atoms with van der Waals surface area (Å²) in [5.41, 5.74) is 3.51. The summed E-state index contributed by atoms with van der Waals surface area (Å²) < 4.78 is 6.19. The van der Waals surface area contributed by atoms with Gasteiger partial charge in [-0.15, -0.1) is 0 Å². The van der Waals surface area contributed by atoms with Crippen molar-refractivity contribution in [1.82, 2.24) is 4.90 Å². The Morgan fingerprint density at radius 3 is 2.62 bits per heavy atom. The van der Waals surface area contributed by atoms with Gasteiger partial charge in [-0.2, -0.15) is 0 Å². The van der Waals surface area contributed by atoms with Crippen molar-refractivity contribution in [2.75, 3.05) is 36.9 Å². The van der Waals surface area contributed by atoms with Crippen molar-refractivity contribution in [2.24, 2.45) is 0 Å². The zero-order valence-electron chi connectivity index (χ0n) is 15.7. The third-order valence-electron chi connectivity index (χ3n) is 4.74. The molecule has 0 bridgehead atoms. The first-order valence-electron chi connectivity index (χ1n) is 9.22. The molecular weight excluding hydrogens is 342 g/mol. The summed E-state index contributed by atoms with van der Waals surface area (Å²) in [7, 11) is 2.01. The summed E-state index contributed by atoms with van der Waals surface area (Å²) in [6.07, 6.45) is 1.12. The minimum absolute atomic E-state index is 0.0806. The number of benzene rings is 2. The molecule has 1 heterocycles. The Hall–Kier alpha value is -2.27. The molecule has 1 atom stereocenters. The predicted molar refractivity (Wildman–Crippen MR) is 113 cm³/mol. The van der Waals surface area contributed by atoms with Crippen molar-refractivity contribution in [1.29, 1.82) is 0 Å². The number of ether oxygens (including phenoxy) is 1. The van der Waals surface area contributed by atoms with Gasteiger partial charge in [-0.3, -0.25) is 0 Å². The molecule has 0 saturated heterocycles. The SMILES string of the molecule is CCc1ccc(NC(=S)N(C)C[C@@H]2CN(CC)c3ccccc3O2)cc1. The molecule has 1 aliphatic heterocycles. The number of nitrogens with one attached hydrogen (secondary N) is 1. The fourth-order valence-electron chi connectivity index (χ4n) is 3.20. The Bertz CT molecular complexity index is 747. The van der Waals surface area contributed by atoms with Gasteiger partial charge in [0.2, 0.25) is 0 Å². The molecule has 5 heteroatoms. The third kappa shape index (κ3) is 4.28. The Morgan fingerprint density at radius 1 is 1.19 bits per heavy atom. The number of rotatable bonds is 5. The van der Waals surface area contributed by atoms with Crippen LogP contribution in [0.1, 0.15) is 19.4 Å². The fourth-order valence-corrected chi connectivity index (χ4v) is 3.40. The Kier molecular flexibility index (Phi) is 5.99. The number of nitrogens with zero attached hydrogens (tertiary/aromatic N) is 2. The standard InChI is InChI=1S/C21H27N3OS/c1-4-16-10-12-17(13-11-16)22-21(26)23(3)14-18-15-24(5-2)19-8-6-7-9-20(19)25-18/h6-13,18H,4-5,14-15H2,1-3H3,(H,22,26)/t18-/m1/s1. The minimum atomic E-state index is 0.0806. The van der Waals surface area contributed by atoms with E-state index in [1.165, 1.54) is 11.3 Å². The van der Waals surface area contributed by atoms with Crippen LogP contribution < -0.4 is 15.0 Å². The van der Waals surface area contributed by atoms with Gasteiger partial charge in [-0.1, -0.05) is 31.2 Å². The van der Waals surface area contributed by atoms with Crippen molar-refractivity contribution in [3.8, 4) is 5.75 Å². The highest BCUT2D eigenvalue weighted by atomic mass is 32.1. The minimum Gasteiger partial charge on any atom is -0.485 e. The fraction of sp³-hybridized carbons (Fsp3) is 0.381. The Morgan fingerprint density at radius 2 is 1.92 bits per heavy atom. The lowest BCUT2D eigenvalue weighted by atomic mass is 10.1. The summed E-state index contributed by atoms with van der Waals surface area (Å²) in [5, 5.41) is 4.02. The van der Waals surface area contributed by atoms with Gasteiger partial charge in [0, 0.05) is 19.3 Å². The van der Waals surface area contributed by atoms with Crippen LogP contribution in [0.15, 0.2) is 48.5 Å². The molecule has 0 radical (unpaired) electrons. The van der Waals surface area contributed by atoms with Crippen molar-refractivity contribution < 1.29 is 4.74 Å². The van der Waals surface area contributed by atoms with Crippen LogP contribution in [0.4, 0.5) is 11.4 Å². The van der Waals surface area contributed by atoms with Crippen molar-refractivity contribution in [2.45, 2.75) is 26.4 Å². The highest BCUT2D eigenvalue weighted by Crippen LogP contribution is 2.32. The smallest absolute Gasteiger partial charge is 0.173 e. The number of hydrogen-bond acceptors (Lipinski definition) is 3. The highest BCUT2D eigenvalue weighted by molar-refractivity contribution is 7.80. The van der Waals surface area contributed by atoms with Crippen LogP contribution in [0.5, 0.6) is 5.75 Å². The van der Waals surface area contributed by atoms with E-state index in [1.54, 1.807) is 0 Å². The molecule has 1 N–H and O–H groups in total. The molecule has 0 unspecified atom stereocenters. The third-order valence-corrected chi connectivity index (χ3v) is 5.16. The molecule has 0 fully saturated rings. The number of fused-ring (bicyclic) bond motifs is 1. The maximum absolute atomic E-state index is 6.19. The molecule has 2 aromatic carbocycles. The lowest BCUT2D eigenvalue weighted by molar-refractivity contribution is 0.169. The number of para-hydroxylation sites is 2. The number of aryl methyl sites for hydroxylation is 1. The van der Waals surface area contributed by atoms with Gasteiger partial charge < -0.3 is 19.9 Å². The molecule has 0 aliphatic carbocycles. The summed E-state index contributed by atoms with van der Waals surface area (Å²) in [6, 6.07) is 16.6. The first kappa shape index (κ1) is 18.5. The van der Waals surface area contributed by atoms with E-state index >= 15 is 0 Å². The molecule has 26 heavy (non-hydrogen) atoms. The zero-order chi connectivity index (χ0) is 18.5. The van der Waals surface area contributed by atoms with Crippen LogP contribution >= 0.6 is 12.2 Å². The van der Waals surface area contributed by atoms with E-state index in [0.717, 1.165) is 37.5 Å². The van der Waals surface area contributed by atoms with E-state index in [1.807, 2.05) is 19.2 Å². The predicted octanol–water partition coefficient (Wildman–Crippen LogP) is 4.17. The van der Waals surface area contributed by atoms with Crippen LogP contribution in [-0.2, 0) is 6.42 Å². The summed E-state index contributed by atoms with van der Waals surface area (Å²) >= 11 is 5.57. The topological polar surface area (TPSA) is 27.7 Å². The van der Waals surface area contributed by atoms with Gasteiger partial charge in [0.05, 0.1) is 18.8 Å². The maximum Gasteiger partial charge on any atom is 0.173 e. The van der Waals surface area contributed by atoms with Crippen LogP contribution in [0.2, 0.25) is 0 Å². The van der Waals surface area contributed by atoms with E-state index < -0.39 is 0 Å². The largest absolute Gasteiger partial charge is 0.485 e. The molecule has 2 aromatic rings. The maximum atomic E-state index is 6.19. The summed E-state index contributed by atoms with van der Waals surface area (Å²) in [5.74, 6) is 0.952. The normalized spacial score (nSPS) is 15.8. The lowest BCUT2D eigenvalue weighted by Crippen LogP contribution is -2.47. The van der Waals surface area contributed by atoms with Crippen molar-refractivity contribution in [3.05, 3.63) is 54.1 Å². The van der Waals surface area contributed by atoms with Gasteiger partial charge in [-0.05, 0) is 55.4 Å². The zero-order valence-corrected chi connectivity index (χ0v) is 16.6. The summed E-state index contributed by atoms with van der Waals surface area (Å²) in [4.78, 5) is 4.41. The molecule has 138 valence electrons. The molecular formula is C21H27N3OS. The molecule has 0 aromatic heterocycles. The molecule has 3 rings (SSSR count). The van der Waals surface area contributed by atoms with Gasteiger partial charge >= 0.3 is 0 Å². The molecule has 1 aliphatic rings. The monoisotopic (exact) mass is 369 g/mol. The molecule has 0 amide bonds. The van der Waals surface area contributed by atoms with E-state index in [9.17, 15) is 0 Å². The summed E-state index contributed by atoms with van der Waals surface area (Å²) in [6.45, 7) is 6.90. The Balaban J connectivity index is 1.60. The van der Waals surface area contributed by atoms with Crippen LogP contribution in [0, 0.1) is 0 Å². The van der Waals surface area contributed by atoms with Gasteiger partial charge in [0.25, 0.3) is 0 Å². The van der Waals surface area contributed by atoms with Crippen molar-refractivity contribution in [3.63, 3.8) is 0 Å². The highest BCUT2D eigenvalue weighted by Gasteiger charge is 2.26. The number of likely N-dealkylation sites (N-methyl/N-ethyl adjacent to an activating group) is 2. The van der Waals surface area contributed by atoms with E-state index in [2.05, 4.69) is 65.4 Å². The van der Waals surface area contributed by atoms with Gasteiger partial charge in [0.1, 0.15) is 11.9 Å². The second-order valence-corrected chi connectivity index (χ2v) is 6.99. The Labute approximate surface area is 161 Å². The van der Waals surface area contributed by atoms with E-state index in [4.69, 9.17) is 17.0 Å². The first-order valence-corrected chi connectivity index (χ1v) is 9.63. The molecule has 0 spiro atoms. The second-order valence-electron chi connectivity index (χ2n) is 6.61. The number of anilines is 2. The second kappa shape index (κ2) is 8.41. The average Bonchev–Trinajstić information content (AvgIpc) is 2.67. The molecule has 4 nitrogen and oxygen atoms in total. The van der Waals surface area contributed by atoms with Crippen LogP contribution in [0.3, 0.4) is 0 Å². The first-order chi connectivity index (χ1) is 12.6. The van der Waals surface area contributed by atoms with Gasteiger partial charge in [0.15, 0.2) is 5.11 Å². The number of thiocarbonyl (C=S) groups is 1. The van der Waals surface area contributed by atoms with Crippen LogP contribution in [-0.4, -0.2) is 42.8 Å². The quantitative estimate of drug-likeness (QED) is 0.799. The van der Waals surface area contributed by atoms with Crippen LogP contribution in [0.25, 0.3) is 0 Å². The number of hydrogen-bond donors (Lipinski definition) is 1. The molecule has 0 saturated carbocycles. The van der Waals surface area contributed by atoms with E-state index in [0.29, 0.717) is 5.11 Å².